The van der Waals surface area contributed by atoms with Gasteiger partial charge in [-0.1, -0.05) is 29.7 Å². The predicted molar refractivity (Wildman–Crippen MR) is 51.8 cm³/mol. The van der Waals surface area contributed by atoms with Crippen LogP contribution in [0.4, 0.5) is 5.13 Å². The average molecular weight is 217 g/mol. The van der Waals surface area contributed by atoms with E-state index in [9.17, 15) is 4.79 Å². The van der Waals surface area contributed by atoms with Gasteiger partial charge in [-0.2, -0.15) is 0 Å². The summed E-state index contributed by atoms with van der Waals surface area (Å²) in [6, 6.07) is 0. The number of nitrogen functional groups attached to an aromatic ring is 1. The summed E-state index contributed by atoms with van der Waals surface area (Å²) in [6.07, 6.45) is 0. The fourth-order valence-corrected chi connectivity index (χ4v) is 2.02. The number of rotatable bonds is 4. The number of hydrogen-bond donors (Lipinski definition) is 2. The minimum atomic E-state index is -0.995. The van der Waals surface area contributed by atoms with Crippen LogP contribution < -0.4 is 5.73 Å². The molecule has 0 saturated carbocycles. The third-order valence-corrected chi connectivity index (χ3v) is 3.07. The maximum atomic E-state index is 10.4. The van der Waals surface area contributed by atoms with E-state index in [4.69, 9.17) is 10.8 Å². The lowest BCUT2D eigenvalue weighted by molar-refractivity contribution is -0.132. The predicted octanol–water partition coefficient (Wildman–Crippen LogP) is 0.853. The highest BCUT2D eigenvalue weighted by molar-refractivity contribution is 8.01. The van der Waals surface area contributed by atoms with Gasteiger partial charge in [-0.15, -0.1) is 10.2 Å². The van der Waals surface area contributed by atoms with Crippen molar-refractivity contribution in [2.75, 3.05) is 11.5 Å². The number of nitrogens with two attached hydrogens (primary N) is 1. The minimum absolute atomic E-state index is 0.138. The van der Waals surface area contributed by atoms with E-state index in [1.165, 1.54) is 23.1 Å². The van der Waals surface area contributed by atoms with E-state index in [-0.39, 0.29) is 5.57 Å². The molecule has 13 heavy (non-hydrogen) atoms. The molecule has 0 saturated heterocycles. The number of aliphatic carboxylic acids is 1. The maximum Gasteiger partial charge on any atom is 0.331 e. The minimum Gasteiger partial charge on any atom is -0.478 e. The fraction of sp³-hybridized carbons (Fsp3) is 0.167. The van der Waals surface area contributed by atoms with Crippen LogP contribution in [0.2, 0.25) is 0 Å². The molecule has 0 amide bonds. The molecule has 1 rings (SSSR count). The number of carbonyl (C=O) groups is 1. The number of hydrogen-bond acceptors (Lipinski definition) is 6. The second-order valence-electron chi connectivity index (χ2n) is 2.10. The van der Waals surface area contributed by atoms with E-state index in [1.807, 2.05) is 0 Å². The highest BCUT2D eigenvalue weighted by Gasteiger charge is 2.07. The molecule has 0 bridgehead atoms. The van der Waals surface area contributed by atoms with Gasteiger partial charge in [0.15, 0.2) is 4.34 Å². The van der Waals surface area contributed by atoms with Crippen molar-refractivity contribution in [3.63, 3.8) is 0 Å². The van der Waals surface area contributed by atoms with Crippen molar-refractivity contribution >= 4 is 34.2 Å². The molecule has 1 heterocycles. The smallest absolute Gasteiger partial charge is 0.331 e. The molecular formula is C6H7N3O2S2. The van der Waals surface area contributed by atoms with E-state index in [0.29, 0.717) is 15.2 Å². The number of thioether (sulfide) groups is 1. The van der Waals surface area contributed by atoms with Crippen molar-refractivity contribution in [2.24, 2.45) is 0 Å². The summed E-state index contributed by atoms with van der Waals surface area (Å²) < 4.78 is 0.653. The number of nitrogens with zero attached hydrogens (tertiary/aromatic N) is 2. The van der Waals surface area contributed by atoms with E-state index < -0.39 is 5.97 Å². The van der Waals surface area contributed by atoms with Gasteiger partial charge in [0.2, 0.25) is 5.13 Å². The Kier molecular flexibility index (Phi) is 3.26. The molecule has 70 valence electrons. The maximum absolute atomic E-state index is 10.4. The molecule has 0 atom stereocenters. The van der Waals surface area contributed by atoms with Crippen LogP contribution in [0.1, 0.15) is 0 Å². The Bertz CT molecular complexity index is 336. The van der Waals surface area contributed by atoms with Crippen molar-refractivity contribution in [1.82, 2.24) is 10.2 Å². The van der Waals surface area contributed by atoms with E-state index >= 15 is 0 Å². The van der Waals surface area contributed by atoms with Gasteiger partial charge < -0.3 is 10.8 Å². The zero-order chi connectivity index (χ0) is 9.84. The van der Waals surface area contributed by atoms with Crippen molar-refractivity contribution in [3.8, 4) is 0 Å². The van der Waals surface area contributed by atoms with Crippen LogP contribution in [0.3, 0.4) is 0 Å². The molecule has 0 aliphatic heterocycles. The highest BCUT2D eigenvalue weighted by Crippen LogP contribution is 2.24. The summed E-state index contributed by atoms with van der Waals surface area (Å²) >= 11 is 2.49. The van der Waals surface area contributed by atoms with Crippen molar-refractivity contribution in [2.45, 2.75) is 4.34 Å². The van der Waals surface area contributed by atoms with Crippen molar-refractivity contribution < 1.29 is 9.90 Å². The molecule has 1 aromatic rings. The first-order valence-electron chi connectivity index (χ1n) is 3.22. The van der Waals surface area contributed by atoms with Crippen LogP contribution in [-0.2, 0) is 4.79 Å². The van der Waals surface area contributed by atoms with Gasteiger partial charge in [0.05, 0.1) is 0 Å². The van der Waals surface area contributed by atoms with Crippen LogP contribution >= 0.6 is 23.1 Å². The molecule has 1 aromatic heterocycles. The van der Waals surface area contributed by atoms with Gasteiger partial charge in [0.25, 0.3) is 0 Å². The molecule has 0 unspecified atom stereocenters. The lowest BCUT2D eigenvalue weighted by atomic mass is 10.4. The molecule has 3 N–H and O–H groups in total. The summed E-state index contributed by atoms with van der Waals surface area (Å²) in [5, 5.41) is 16.2. The van der Waals surface area contributed by atoms with Crippen molar-refractivity contribution in [3.05, 3.63) is 12.2 Å². The standard InChI is InChI=1S/C6H7N3O2S2/c1-3(4(10)11)2-12-6-9-8-5(7)13-6/h1-2H2,(H2,7,8)(H,10,11). The molecule has 0 spiro atoms. The summed E-state index contributed by atoms with van der Waals surface area (Å²) in [5.41, 5.74) is 5.48. The molecular weight excluding hydrogens is 210 g/mol. The first-order valence-corrected chi connectivity index (χ1v) is 5.02. The number of anilines is 1. The molecule has 0 radical (unpaired) electrons. The lowest BCUT2D eigenvalue weighted by Crippen LogP contribution is -2.00. The number of carboxylic acid groups (broad SMARTS) is 1. The molecule has 5 nitrogen and oxygen atoms in total. The Morgan fingerprint density at radius 1 is 1.69 bits per heavy atom. The lowest BCUT2D eigenvalue weighted by Gasteiger charge is -1.95. The first-order chi connectivity index (χ1) is 6.09. The van der Waals surface area contributed by atoms with Crippen LogP contribution in [0, 0.1) is 0 Å². The van der Waals surface area contributed by atoms with E-state index in [1.54, 1.807) is 0 Å². The normalized spacial score (nSPS) is 9.85. The number of aromatic nitrogens is 2. The Labute approximate surface area is 82.7 Å². The third-order valence-electron chi connectivity index (χ3n) is 1.09. The zero-order valence-corrected chi connectivity index (χ0v) is 8.19. The Morgan fingerprint density at radius 2 is 2.38 bits per heavy atom. The summed E-state index contributed by atoms with van der Waals surface area (Å²) in [5.74, 6) is -0.700. The Hall–Kier alpha value is -1.08. The topological polar surface area (TPSA) is 89.1 Å². The van der Waals surface area contributed by atoms with Crippen LogP contribution in [0.5, 0.6) is 0 Å². The van der Waals surface area contributed by atoms with Gasteiger partial charge in [0, 0.05) is 11.3 Å². The Balaban J connectivity index is 2.44. The van der Waals surface area contributed by atoms with Crippen LogP contribution in [0.15, 0.2) is 16.5 Å². The molecule has 7 heteroatoms. The molecule has 0 aliphatic carbocycles. The summed E-state index contributed by atoms with van der Waals surface area (Å²) in [6.45, 7) is 3.38. The van der Waals surface area contributed by atoms with E-state index in [2.05, 4.69) is 16.8 Å². The first kappa shape index (κ1) is 10.0. The second-order valence-corrected chi connectivity index (χ2v) is 4.34. The highest BCUT2D eigenvalue weighted by atomic mass is 32.2. The quantitative estimate of drug-likeness (QED) is 0.574. The van der Waals surface area contributed by atoms with E-state index in [0.717, 1.165) is 0 Å². The number of carboxylic acids is 1. The third kappa shape index (κ3) is 3.03. The van der Waals surface area contributed by atoms with Crippen LogP contribution in [-0.4, -0.2) is 27.0 Å². The van der Waals surface area contributed by atoms with Gasteiger partial charge in [-0.3, -0.25) is 0 Å². The Morgan fingerprint density at radius 3 is 2.85 bits per heavy atom. The monoisotopic (exact) mass is 217 g/mol. The largest absolute Gasteiger partial charge is 0.478 e. The van der Waals surface area contributed by atoms with Gasteiger partial charge >= 0.3 is 5.97 Å². The van der Waals surface area contributed by atoms with Crippen LogP contribution in [0.25, 0.3) is 0 Å². The molecule has 0 aromatic carbocycles. The van der Waals surface area contributed by atoms with Gasteiger partial charge in [-0.05, 0) is 0 Å². The van der Waals surface area contributed by atoms with Gasteiger partial charge in [-0.25, -0.2) is 4.79 Å². The van der Waals surface area contributed by atoms with Gasteiger partial charge in [0.1, 0.15) is 0 Å². The average Bonchev–Trinajstić information content (AvgIpc) is 2.47. The zero-order valence-electron chi connectivity index (χ0n) is 6.56. The summed E-state index contributed by atoms with van der Waals surface area (Å²) in [4.78, 5) is 10.4. The summed E-state index contributed by atoms with van der Waals surface area (Å²) in [7, 11) is 0. The molecule has 0 aliphatic rings. The molecule has 0 fully saturated rings. The van der Waals surface area contributed by atoms with Crippen molar-refractivity contribution in [1.29, 1.82) is 0 Å². The second kappa shape index (κ2) is 4.24. The SMILES string of the molecule is C=C(CSc1nnc(N)s1)C(=O)O. The fourth-order valence-electron chi connectivity index (χ4n) is 0.489.